The molecule has 0 bridgehead atoms. The standard InChI is InChI=1S/C10H15N3O2/c14-10(9-6-12-13-7-9)11-5-8-1-3-15-4-2-8/h6-8H,1-5H2,(H,11,14)(H,12,13). The van der Waals surface area contributed by atoms with Crippen molar-refractivity contribution in [3.05, 3.63) is 18.0 Å². The zero-order valence-electron chi connectivity index (χ0n) is 8.53. The first kappa shape index (κ1) is 10.2. The van der Waals surface area contributed by atoms with Gasteiger partial charge in [-0.15, -0.1) is 0 Å². The van der Waals surface area contributed by atoms with Crippen molar-refractivity contribution < 1.29 is 9.53 Å². The van der Waals surface area contributed by atoms with Crippen LogP contribution in [-0.2, 0) is 4.74 Å². The number of nitrogens with one attached hydrogen (secondary N) is 2. The number of aromatic amines is 1. The molecule has 0 atom stereocenters. The Bertz CT molecular complexity index is 304. The van der Waals surface area contributed by atoms with E-state index in [0.29, 0.717) is 11.5 Å². The fraction of sp³-hybridized carbons (Fsp3) is 0.600. The van der Waals surface area contributed by atoms with E-state index in [1.807, 2.05) is 0 Å². The van der Waals surface area contributed by atoms with Crippen LogP contribution in [0.3, 0.4) is 0 Å². The number of hydrogen-bond acceptors (Lipinski definition) is 3. The summed E-state index contributed by atoms with van der Waals surface area (Å²) < 4.78 is 5.25. The van der Waals surface area contributed by atoms with E-state index < -0.39 is 0 Å². The van der Waals surface area contributed by atoms with E-state index in [0.717, 1.165) is 32.6 Å². The molecule has 1 saturated heterocycles. The van der Waals surface area contributed by atoms with Gasteiger partial charge in [-0.25, -0.2) is 0 Å². The van der Waals surface area contributed by atoms with Gasteiger partial charge in [0, 0.05) is 26.0 Å². The van der Waals surface area contributed by atoms with Gasteiger partial charge in [0.1, 0.15) is 0 Å². The van der Waals surface area contributed by atoms with Crippen molar-refractivity contribution in [3.63, 3.8) is 0 Å². The molecule has 1 aliphatic heterocycles. The van der Waals surface area contributed by atoms with Crippen molar-refractivity contribution in [2.45, 2.75) is 12.8 Å². The quantitative estimate of drug-likeness (QED) is 0.764. The topological polar surface area (TPSA) is 67.0 Å². The van der Waals surface area contributed by atoms with Crippen molar-refractivity contribution in [2.75, 3.05) is 19.8 Å². The number of hydrogen-bond donors (Lipinski definition) is 2. The molecule has 0 saturated carbocycles. The molecule has 1 aliphatic rings. The van der Waals surface area contributed by atoms with E-state index in [1.165, 1.54) is 6.20 Å². The maximum absolute atomic E-state index is 11.5. The first-order valence-corrected chi connectivity index (χ1v) is 5.21. The average Bonchev–Trinajstić information content (AvgIpc) is 2.81. The lowest BCUT2D eigenvalue weighted by atomic mass is 10.0. The zero-order chi connectivity index (χ0) is 10.5. The van der Waals surface area contributed by atoms with E-state index in [-0.39, 0.29) is 5.91 Å². The van der Waals surface area contributed by atoms with Crippen LogP contribution in [0.4, 0.5) is 0 Å². The Morgan fingerprint density at radius 3 is 3.07 bits per heavy atom. The van der Waals surface area contributed by atoms with Crippen molar-refractivity contribution in [1.29, 1.82) is 0 Å². The van der Waals surface area contributed by atoms with Crippen LogP contribution < -0.4 is 5.32 Å². The second-order valence-electron chi connectivity index (χ2n) is 3.75. The first-order chi connectivity index (χ1) is 7.36. The molecule has 1 amide bonds. The van der Waals surface area contributed by atoms with Crippen molar-refractivity contribution in [3.8, 4) is 0 Å². The zero-order valence-corrected chi connectivity index (χ0v) is 8.53. The SMILES string of the molecule is O=C(NCC1CCOCC1)c1cn[nH]c1. The van der Waals surface area contributed by atoms with Gasteiger partial charge in [-0.2, -0.15) is 5.10 Å². The molecule has 0 aliphatic carbocycles. The lowest BCUT2D eigenvalue weighted by Gasteiger charge is -2.21. The second kappa shape index (κ2) is 4.93. The normalized spacial score (nSPS) is 17.6. The van der Waals surface area contributed by atoms with E-state index in [4.69, 9.17) is 4.74 Å². The number of rotatable bonds is 3. The monoisotopic (exact) mass is 209 g/mol. The second-order valence-corrected chi connectivity index (χ2v) is 3.75. The Labute approximate surface area is 88.2 Å². The summed E-state index contributed by atoms with van der Waals surface area (Å²) in [5, 5.41) is 9.25. The van der Waals surface area contributed by atoms with E-state index >= 15 is 0 Å². The molecule has 0 aromatic carbocycles. The molecule has 0 radical (unpaired) electrons. The summed E-state index contributed by atoms with van der Waals surface area (Å²) in [6.45, 7) is 2.35. The van der Waals surface area contributed by atoms with Gasteiger partial charge in [-0.3, -0.25) is 9.89 Å². The molecular formula is C10H15N3O2. The van der Waals surface area contributed by atoms with Crippen LogP contribution in [0.2, 0.25) is 0 Å². The fourth-order valence-corrected chi connectivity index (χ4v) is 1.66. The molecule has 5 nitrogen and oxygen atoms in total. The lowest BCUT2D eigenvalue weighted by molar-refractivity contribution is 0.0642. The van der Waals surface area contributed by atoms with Gasteiger partial charge in [0.15, 0.2) is 0 Å². The van der Waals surface area contributed by atoms with E-state index in [2.05, 4.69) is 15.5 Å². The number of amides is 1. The Hall–Kier alpha value is -1.36. The smallest absolute Gasteiger partial charge is 0.254 e. The van der Waals surface area contributed by atoms with Crippen LogP contribution >= 0.6 is 0 Å². The number of ether oxygens (including phenoxy) is 1. The van der Waals surface area contributed by atoms with Crippen molar-refractivity contribution in [2.24, 2.45) is 5.92 Å². The largest absolute Gasteiger partial charge is 0.381 e. The molecule has 1 aromatic heterocycles. The summed E-state index contributed by atoms with van der Waals surface area (Å²) in [5.74, 6) is 0.491. The third-order valence-corrected chi connectivity index (χ3v) is 2.65. The summed E-state index contributed by atoms with van der Waals surface area (Å²) >= 11 is 0. The van der Waals surface area contributed by atoms with Gasteiger partial charge in [0.2, 0.25) is 0 Å². The summed E-state index contributed by atoms with van der Waals surface area (Å²) in [4.78, 5) is 11.5. The summed E-state index contributed by atoms with van der Waals surface area (Å²) in [6.07, 6.45) is 5.19. The highest BCUT2D eigenvalue weighted by Crippen LogP contribution is 2.13. The number of H-pyrrole nitrogens is 1. The summed E-state index contributed by atoms with van der Waals surface area (Å²) in [6, 6.07) is 0. The Balaban J connectivity index is 1.75. The predicted octanol–water partition coefficient (Wildman–Crippen LogP) is 0.566. The lowest BCUT2D eigenvalue weighted by Crippen LogP contribution is -2.31. The molecular weight excluding hydrogens is 194 g/mol. The van der Waals surface area contributed by atoms with Crippen LogP contribution in [0, 0.1) is 5.92 Å². The molecule has 2 rings (SSSR count). The van der Waals surface area contributed by atoms with Crippen molar-refractivity contribution in [1.82, 2.24) is 15.5 Å². The Morgan fingerprint density at radius 2 is 2.40 bits per heavy atom. The van der Waals surface area contributed by atoms with Crippen molar-refractivity contribution >= 4 is 5.91 Å². The minimum absolute atomic E-state index is 0.0600. The van der Waals surface area contributed by atoms with Crippen LogP contribution in [0.15, 0.2) is 12.4 Å². The first-order valence-electron chi connectivity index (χ1n) is 5.21. The van der Waals surface area contributed by atoms with E-state index in [9.17, 15) is 4.79 Å². The van der Waals surface area contributed by atoms with Crippen LogP contribution in [0.1, 0.15) is 23.2 Å². The minimum atomic E-state index is -0.0600. The highest BCUT2D eigenvalue weighted by molar-refractivity contribution is 5.93. The van der Waals surface area contributed by atoms with Crippen LogP contribution in [0.5, 0.6) is 0 Å². The Morgan fingerprint density at radius 1 is 1.60 bits per heavy atom. The van der Waals surface area contributed by atoms with Gasteiger partial charge < -0.3 is 10.1 Å². The molecule has 2 N–H and O–H groups in total. The fourth-order valence-electron chi connectivity index (χ4n) is 1.66. The third kappa shape index (κ3) is 2.79. The number of carbonyl (C=O) groups excluding carboxylic acids is 1. The highest BCUT2D eigenvalue weighted by atomic mass is 16.5. The molecule has 15 heavy (non-hydrogen) atoms. The maximum atomic E-state index is 11.5. The predicted molar refractivity (Wildman–Crippen MR) is 54.5 cm³/mol. The number of aromatic nitrogens is 2. The molecule has 1 aromatic rings. The average molecular weight is 209 g/mol. The van der Waals surface area contributed by atoms with Gasteiger partial charge in [0.05, 0.1) is 11.8 Å². The summed E-state index contributed by atoms with van der Waals surface area (Å²) in [5.41, 5.74) is 0.585. The Kier molecular flexibility index (Phi) is 3.34. The molecule has 2 heterocycles. The van der Waals surface area contributed by atoms with Gasteiger partial charge in [0.25, 0.3) is 5.91 Å². The molecule has 1 fully saturated rings. The minimum Gasteiger partial charge on any atom is -0.381 e. The highest BCUT2D eigenvalue weighted by Gasteiger charge is 2.15. The number of carbonyl (C=O) groups is 1. The maximum Gasteiger partial charge on any atom is 0.254 e. The summed E-state index contributed by atoms with van der Waals surface area (Å²) in [7, 11) is 0. The van der Waals surface area contributed by atoms with Crippen LogP contribution in [-0.4, -0.2) is 35.9 Å². The van der Waals surface area contributed by atoms with Gasteiger partial charge in [-0.1, -0.05) is 0 Å². The third-order valence-electron chi connectivity index (χ3n) is 2.65. The van der Waals surface area contributed by atoms with E-state index in [1.54, 1.807) is 6.20 Å². The molecule has 0 unspecified atom stereocenters. The van der Waals surface area contributed by atoms with Gasteiger partial charge >= 0.3 is 0 Å². The van der Waals surface area contributed by atoms with Crippen LogP contribution in [0.25, 0.3) is 0 Å². The molecule has 82 valence electrons. The molecule has 5 heteroatoms. The molecule has 0 spiro atoms. The number of nitrogens with zero attached hydrogens (tertiary/aromatic N) is 1. The van der Waals surface area contributed by atoms with Gasteiger partial charge in [-0.05, 0) is 18.8 Å².